The molecule has 0 aliphatic heterocycles. The Morgan fingerprint density at radius 2 is 1.79 bits per heavy atom. The molecule has 0 aromatic carbocycles. The molecular formula is C12H22O2. The van der Waals surface area contributed by atoms with Crippen LogP contribution < -0.4 is 0 Å². The molecule has 1 saturated carbocycles. The lowest BCUT2D eigenvalue weighted by molar-refractivity contribution is -0.151. The van der Waals surface area contributed by atoms with Crippen molar-refractivity contribution in [1.29, 1.82) is 0 Å². The fraction of sp³-hybridized carbons (Fsp3) is 0.917. The summed E-state index contributed by atoms with van der Waals surface area (Å²) in [4.78, 5) is 11.1. The van der Waals surface area contributed by atoms with Crippen molar-refractivity contribution >= 4 is 5.97 Å². The summed E-state index contributed by atoms with van der Waals surface area (Å²) in [6, 6.07) is 0. The van der Waals surface area contributed by atoms with Gasteiger partial charge in [0.15, 0.2) is 0 Å². The Morgan fingerprint density at radius 3 is 2.21 bits per heavy atom. The Labute approximate surface area is 86.7 Å². The highest BCUT2D eigenvalue weighted by Gasteiger charge is 2.38. The molecule has 1 rings (SSSR count). The highest BCUT2D eigenvalue weighted by molar-refractivity contribution is 5.74. The maximum absolute atomic E-state index is 11.1. The summed E-state index contributed by atoms with van der Waals surface area (Å²) in [5.41, 5.74) is -0.567. The minimum Gasteiger partial charge on any atom is -0.481 e. The molecule has 0 bridgehead atoms. The SMILES string of the molecule is C[C@H](C1CCCCC1)C(C)(C)C(=O)O. The van der Waals surface area contributed by atoms with Gasteiger partial charge in [0, 0.05) is 0 Å². The monoisotopic (exact) mass is 198 g/mol. The van der Waals surface area contributed by atoms with E-state index in [2.05, 4.69) is 6.92 Å². The van der Waals surface area contributed by atoms with Crippen LogP contribution in [0.25, 0.3) is 0 Å². The number of aliphatic carboxylic acids is 1. The molecule has 0 spiro atoms. The molecule has 1 fully saturated rings. The molecule has 1 N–H and O–H groups in total. The Hall–Kier alpha value is -0.530. The summed E-state index contributed by atoms with van der Waals surface area (Å²) in [6.07, 6.45) is 6.34. The van der Waals surface area contributed by atoms with Crippen LogP contribution in [0.1, 0.15) is 52.9 Å². The molecule has 1 aliphatic rings. The average Bonchev–Trinajstić information content (AvgIpc) is 2.17. The van der Waals surface area contributed by atoms with Gasteiger partial charge in [0.05, 0.1) is 5.41 Å². The zero-order valence-electron chi connectivity index (χ0n) is 9.55. The summed E-state index contributed by atoms with van der Waals surface area (Å²) < 4.78 is 0. The van der Waals surface area contributed by atoms with Crippen molar-refractivity contribution < 1.29 is 9.90 Å². The van der Waals surface area contributed by atoms with Gasteiger partial charge in [-0.3, -0.25) is 4.79 Å². The summed E-state index contributed by atoms with van der Waals surface area (Å²) in [7, 11) is 0. The molecule has 1 atom stereocenters. The maximum Gasteiger partial charge on any atom is 0.309 e. The van der Waals surface area contributed by atoms with E-state index in [4.69, 9.17) is 5.11 Å². The quantitative estimate of drug-likeness (QED) is 0.755. The second-order valence-corrected chi connectivity index (χ2v) is 5.21. The molecule has 0 unspecified atom stereocenters. The fourth-order valence-corrected chi connectivity index (χ4v) is 2.42. The topological polar surface area (TPSA) is 37.3 Å². The zero-order chi connectivity index (χ0) is 10.8. The summed E-state index contributed by atoms with van der Waals surface area (Å²) in [6.45, 7) is 5.81. The first-order chi connectivity index (χ1) is 6.46. The first kappa shape index (κ1) is 11.5. The normalized spacial score (nSPS) is 21.9. The van der Waals surface area contributed by atoms with Gasteiger partial charge in [-0.15, -0.1) is 0 Å². The lowest BCUT2D eigenvalue weighted by Gasteiger charge is -2.36. The Bertz CT molecular complexity index is 202. The molecular weight excluding hydrogens is 176 g/mol. The van der Waals surface area contributed by atoms with Crippen LogP contribution in [0, 0.1) is 17.3 Å². The van der Waals surface area contributed by atoms with E-state index in [-0.39, 0.29) is 0 Å². The first-order valence-electron chi connectivity index (χ1n) is 5.69. The summed E-state index contributed by atoms with van der Waals surface area (Å²) in [5.74, 6) is 0.255. The number of hydrogen-bond acceptors (Lipinski definition) is 1. The van der Waals surface area contributed by atoms with Crippen molar-refractivity contribution in [2.24, 2.45) is 17.3 Å². The Kier molecular flexibility index (Phi) is 3.57. The lowest BCUT2D eigenvalue weighted by atomic mass is 9.68. The van der Waals surface area contributed by atoms with E-state index >= 15 is 0 Å². The molecule has 14 heavy (non-hydrogen) atoms. The van der Waals surface area contributed by atoms with Crippen LogP contribution in [-0.4, -0.2) is 11.1 Å². The van der Waals surface area contributed by atoms with Crippen molar-refractivity contribution in [3.8, 4) is 0 Å². The van der Waals surface area contributed by atoms with Gasteiger partial charge in [0.2, 0.25) is 0 Å². The molecule has 0 amide bonds. The van der Waals surface area contributed by atoms with Gasteiger partial charge in [0.1, 0.15) is 0 Å². The maximum atomic E-state index is 11.1. The molecule has 2 nitrogen and oxygen atoms in total. The highest BCUT2D eigenvalue weighted by atomic mass is 16.4. The molecule has 1 aliphatic carbocycles. The van der Waals surface area contributed by atoms with E-state index < -0.39 is 11.4 Å². The van der Waals surface area contributed by atoms with E-state index in [0.29, 0.717) is 11.8 Å². The van der Waals surface area contributed by atoms with Crippen molar-refractivity contribution in [2.75, 3.05) is 0 Å². The Balaban J connectivity index is 2.62. The second-order valence-electron chi connectivity index (χ2n) is 5.21. The van der Waals surface area contributed by atoms with Gasteiger partial charge < -0.3 is 5.11 Å². The van der Waals surface area contributed by atoms with Crippen LogP contribution in [0.5, 0.6) is 0 Å². The van der Waals surface area contributed by atoms with Crippen molar-refractivity contribution in [1.82, 2.24) is 0 Å². The van der Waals surface area contributed by atoms with E-state index in [9.17, 15) is 4.79 Å². The predicted octanol–water partition coefficient (Wildman–Crippen LogP) is 3.31. The van der Waals surface area contributed by atoms with Gasteiger partial charge in [-0.05, 0) is 25.7 Å². The van der Waals surface area contributed by atoms with E-state index in [1.54, 1.807) is 0 Å². The number of carboxylic acids is 1. The third-order valence-corrected chi connectivity index (χ3v) is 4.05. The number of carbonyl (C=O) groups is 1. The average molecular weight is 198 g/mol. The largest absolute Gasteiger partial charge is 0.481 e. The Morgan fingerprint density at radius 1 is 1.29 bits per heavy atom. The molecule has 0 aromatic rings. The van der Waals surface area contributed by atoms with Crippen LogP contribution in [0.4, 0.5) is 0 Å². The van der Waals surface area contributed by atoms with Crippen LogP contribution in [-0.2, 0) is 4.79 Å². The first-order valence-corrected chi connectivity index (χ1v) is 5.69. The van der Waals surface area contributed by atoms with Crippen molar-refractivity contribution in [2.45, 2.75) is 52.9 Å². The van der Waals surface area contributed by atoms with E-state index in [1.165, 1.54) is 32.1 Å². The second kappa shape index (κ2) is 4.33. The van der Waals surface area contributed by atoms with Gasteiger partial charge in [-0.1, -0.05) is 39.0 Å². The molecule has 0 heterocycles. The molecule has 0 saturated heterocycles. The minimum absolute atomic E-state index is 0.292. The van der Waals surface area contributed by atoms with Gasteiger partial charge in [-0.2, -0.15) is 0 Å². The minimum atomic E-state index is -0.657. The molecule has 0 aromatic heterocycles. The molecule has 82 valence electrons. The standard InChI is InChI=1S/C12H22O2/c1-9(12(2,3)11(13)14)10-7-5-4-6-8-10/h9-10H,4-8H2,1-3H3,(H,13,14)/t9-/m1/s1. The fourth-order valence-electron chi connectivity index (χ4n) is 2.42. The number of rotatable bonds is 3. The predicted molar refractivity (Wildman–Crippen MR) is 57.2 cm³/mol. The van der Waals surface area contributed by atoms with E-state index in [0.717, 1.165) is 0 Å². The van der Waals surface area contributed by atoms with E-state index in [1.807, 2.05) is 13.8 Å². The van der Waals surface area contributed by atoms with Gasteiger partial charge in [-0.25, -0.2) is 0 Å². The lowest BCUT2D eigenvalue weighted by Crippen LogP contribution is -2.36. The third kappa shape index (κ3) is 2.28. The van der Waals surface area contributed by atoms with Crippen LogP contribution in [0.3, 0.4) is 0 Å². The zero-order valence-corrected chi connectivity index (χ0v) is 9.55. The number of hydrogen-bond donors (Lipinski definition) is 1. The highest BCUT2D eigenvalue weighted by Crippen LogP contribution is 2.39. The van der Waals surface area contributed by atoms with Crippen molar-refractivity contribution in [3.63, 3.8) is 0 Å². The van der Waals surface area contributed by atoms with Gasteiger partial charge >= 0.3 is 5.97 Å². The van der Waals surface area contributed by atoms with Crippen molar-refractivity contribution in [3.05, 3.63) is 0 Å². The van der Waals surface area contributed by atoms with Crippen LogP contribution in [0.2, 0.25) is 0 Å². The smallest absolute Gasteiger partial charge is 0.309 e. The molecule has 0 radical (unpaired) electrons. The summed E-state index contributed by atoms with van der Waals surface area (Å²) >= 11 is 0. The van der Waals surface area contributed by atoms with Gasteiger partial charge in [0.25, 0.3) is 0 Å². The summed E-state index contributed by atoms with van der Waals surface area (Å²) in [5, 5.41) is 9.14. The van der Waals surface area contributed by atoms with Crippen LogP contribution in [0.15, 0.2) is 0 Å². The molecule has 2 heteroatoms. The number of carboxylic acid groups (broad SMARTS) is 1. The van der Waals surface area contributed by atoms with Crippen LogP contribution >= 0.6 is 0 Å². The third-order valence-electron chi connectivity index (χ3n) is 4.05.